The summed E-state index contributed by atoms with van der Waals surface area (Å²) in [5.74, 6) is -0.834. The molecule has 0 atom stereocenters. The number of fused-ring (bicyclic) bond motifs is 4. The van der Waals surface area contributed by atoms with Gasteiger partial charge in [-0.25, -0.2) is 4.98 Å². The van der Waals surface area contributed by atoms with Crippen LogP contribution in [-0.4, -0.2) is 27.7 Å². The molecule has 27 heavy (non-hydrogen) atoms. The Hall–Kier alpha value is -2.99. The molecule has 138 valence electrons. The monoisotopic (exact) mass is 364 g/mol. The third kappa shape index (κ3) is 3.13. The van der Waals surface area contributed by atoms with Gasteiger partial charge in [0.15, 0.2) is 0 Å². The molecule has 0 spiro atoms. The number of pyridine rings is 2. The van der Waals surface area contributed by atoms with Crippen molar-refractivity contribution < 1.29 is 14.6 Å². The van der Waals surface area contributed by atoms with E-state index in [2.05, 4.69) is 6.07 Å². The average Bonchev–Trinajstić information content (AvgIpc) is 3.00. The van der Waals surface area contributed by atoms with Gasteiger partial charge >= 0.3 is 5.97 Å². The molecule has 0 radical (unpaired) electrons. The molecule has 3 aromatic rings. The van der Waals surface area contributed by atoms with E-state index in [1.165, 1.54) is 0 Å². The van der Waals surface area contributed by atoms with Crippen LogP contribution in [0.3, 0.4) is 0 Å². The van der Waals surface area contributed by atoms with Gasteiger partial charge in [0.2, 0.25) is 0 Å². The van der Waals surface area contributed by atoms with Gasteiger partial charge in [-0.1, -0.05) is 18.2 Å². The maximum absolute atomic E-state index is 13.1. The fourth-order valence-corrected chi connectivity index (χ4v) is 3.72. The fraction of sp³-hybridized carbons (Fsp3) is 0.286. The highest BCUT2D eigenvalue weighted by Gasteiger charge is 2.25. The number of para-hydroxylation sites is 1. The van der Waals surface area contributed by atoms with Crippen LogP contribution in [0.15, 0.2) is 41.2 Å². The molecule has 6 heteroatoms. The minimum atomic E-state index is -0.834. The lowest BCUT2D eigenvalue weighted by Crippen LogP contribution is -2.25. The summed E-state index contributed by atoms with van der Waals surface area (Å²) in [7, 11) is 1.56. The van der Waals surface area contributed by atoms with E-state index < -0.39 is 5.97 Å². The van der Waals surface area contributed by atoms with Crippen LogP contribution < -0.4 is 5.56 Å². The molecule has 0 unspecified atom stereocenters. The Balaban J connectivity index is 1.83. The van der Waals surface area contributed by atoms with E-state index in [-0.39, 0.29) is 18.6 Å². The summed E-state index contributed by atoms with van der Waals surface area (Å²) in [4.78, 5) is 28.7. The zero-order chi connectivity index (χ0) is 19.0. The topological polar surface area (TPSA) is 81.4 Å². The SMILES string of the molecule is COCc1c(CCCC(=O)O)cc2n(c1=O)Cc1cc3ccccc3nc1-2. The van der Waals surface area contributed by atoms with Crippen molar-refractivity contribution in [3.8, 4) is 11.4 Å². The summed E-state index contributed by atoms with van der Waals surface area (Å²) < 4.78 is 6.97. The number of aliphatic carboxylic acids is 1. The second kappa shape index (κ2) is 6.96. The zero-order valence-corrected chi connectivity index (χ0v) is 15.1. The van der Waals surface area contributed by atoms with E-state index in [0.717, 1.165) is 33.4 Å². The van der Waals surface area contributed by atoms with E-state index in [0.29, 0.717) is 24.9 Å². The summed E-state index contributed by atoms with van der Waals surface area (Å²) in [6, 6.07) is 12.0. The number of aromatic nitrogens is 2. The first-order valence-electron chi connectivity index (χ1n) is 8.94. The van der Waals surface area contributed by atoms with Gasteiger partial charge in [0.1, 0.15) is 0 Å². The zero-order valence-electron chi connectivity index (χ0n) is 15.1. The molecule has 0 bridgehead atoms. The van der Waals surface area contributed by atoms with Crippen LogP contribution in [0.25, 0.3) is 22.3 Å². The van der Waals surface area contributed by atoms with Crippen molar-refractivity contribution in [2.45, 2.75) is 32.4 Å². The Kier molecular flexibility index (Phi) is 4.49. The third-order valence-corrected chi connectivity index (χ3v) is 4.99. The van der Waals surface area contributed by atoms with Crippen LogP contribution in [0.1, 0.15) is 29.5 Å². The van der Waals surface area contributed by atoms with Gasteiger partial charge in [-0.15, -0.1) is 0 Å². The standard InChI is InChI=1S/C21H20N2O4/c1-27-12-16-13(6-4-8-19(24)25)10-18-20-15(11-23(18)21(16)26)9-14-5-2-3-7-17(14)22-20/h2-3,5,7,9-10H,4,6,8,11-12H2,1H3,(H,24,25). The predicted molar refractivity (Wildman–Crippen MR) is 102 cm³/mol. The Bertz CT molecular complexity index is 1100. The lowest BCUT2D eigenvalue weighted by molar-refractivity contribution is -0.137. The van der Waals surface area contributed by atoms with Gasteiger partial charge in [-0.05, 0) is 36.6 Å². The summed E-state index contributed by atoms with van der Waals surface area (Å²) in [5.41, 5.74) is 4.91. The summed E-state index contributed by atoms with van der Waals surface area (Å²) >= 11 is 0. The number of hydrogen-bond acceptors (Lipinski definition) is 4. The van der Waals surface area contributed by atoms with Gasteiger partial charge in [-0.2, -0.15) is 0 Å². The normalized spacial score (nSPS) is 12.2. The number of hydrogen-bond donors (Lipinski definition) is 1. The molecule has 0 fully saturated rings. The first-order chi connectivity index (χ1) is 13.1. The number of carboxylic acid groups (broad SMARTS) is 1. The molecule has 0 saturated heterocycles. The van der Waals surface area contributed by atoms with Gasteiger partial charge < -0.3 is 14.4 Å². The quantitative estimate of drug-likeness (QED) is 0.569. The highest BCUT2D eigenvalue weighted by Crippen LogP contribution is 2.32. The van der Waals surface area contributed by atoms with Gasteiger partial charge in [-0.3, -0.25) is 9.59 Å². The maximum atomic E-state index is 13.1. The first kappa shape index (κ1) is 17.4. The third-order valence-electron chi connectivity index (χ3n) is 4.99. The molecular formula is C21H20N2O4. The fourth-order valence-electron chi connectivity index (χ4n) is 3.72. The predicted octanol–water partition coefficient (Wildman–Crippen LogP) is 2.98. The van der Waals surface area contributed by atoms with E-state index >= 15 is 0 Å². The minimum Gasteiger partial charge on any atom is -0.481 e. The van der Waals surface area contributed by atoms with Crippen LogP contribution in [0, 0.1) is 0 Å². The van der Waals surface area contributed by atoms with Crippen molar-refractivity contribution in [2.75, 3.05) is 7.11 Å². The van der Waals surface area contributed by atoms with Crippen molar-refractivity contribution in [2.24, 2.45) is 0 Å². The van der Waals surface area contributed by atoms with Crippen LogP contribution in [0.5, 0.6) is 0 Å². The number of nitrogens with zero attached hydrogens (tertiary/aromatic N) is 2. The average molecular weight is 364 g/mol. The molecular weight excluding hydrogens is 344 g/mol. The van der Waals surface area contributed by atoms with Gasteiger partial charge in [0, 0.05) is 30.0 Å². The molecule has 0 saturated carbocycles. The smallest absolute Gasteiger partial charge is 0.303 e. The number of aryl methyl sites for hydroxylation is 1. The number of carboxylic acids is 1. The molecule has 1 aliphatic heterocycles. The van der Waals surface area contributed by atoms with Crippen LogP contribution >= 0.6 is 0 Å². The van der Waals surface area contributed by atoms with Crippen molar-refractivity contribution in [3.63, 3.8) is 0 Å². The Morgan fingerprint density at radius 3 is 2.89 bits per heavy atom. The molecule has 0 aliphatic carbocycles. The van der Waals surface area contributed by atoms with Crippen molar-refractivity contribution >= 4 is 16.9 Å². The summed E-state index contributed by atoms with van der Waals surface area (Å²) in [5, 5.41) is 9.96. The second-order valence-electron chi connectivity index (χ2n) is 6.79. The number of methoxy groups -OCH3 is 1. The summed E-state index contributed by atoms with van der Waals surface area (Å²) in [6.07, 6.45) is 1.08. The van der Waals surface area contributed by atoms with Gasteiger partial charge in [0.25, 0.3) is 5.56 Å². The first-order valence-corrected chi connectivity index (χ1v) is 8.94. The molecule has 3 heterocycles. The lowest BCUT2D eigenvalue weighted by Gasteiger charge is -2.12. The van der Waals surface area contributed by atoms with E-state index in [4.69, 9.17) is 14.8 Å². The maximum Gasteiger partial charge on any atom is 0.303 e. The largest absolute Gasteiger partial charge is 0.481 e. The van der Waals surface area contributed by atoms with E-state index in [1.54, 1.807) is 11.7 Å². The Morgan fingerprint density at radius 2 is 2.11 bits per heavy atom. The number of ether oxygens (including phenoxy) is 1. The molecule has 0 amide bonds. The number of carbonyl (C=O) groups is 1. The highest BCUT2D eigenvalue weighted by molar-refractivity contribution is 5.83. The number of benzene rings is 1. The lowest BCUT2D eigenvalue weighted by atomic mass is 10.0. The molecule has 2 aromatic heterocycles. The van der Waals surface area contributed by atoms with Crippen molar-refractivity contribution in [3.05, 3.63) is 63.4 Å². The molecule has 1 N–H and O–H groups in total. The van der Waals surface area contributed by atoms with Crippen molar-refractivity contribution in [1.82, 2.24) is 9.55 Å². The minimum absolute atomic E-state index is 0.0737. The highest BCUT2D eigenvalue weighted by atomic mass is 16.5. The van der Waals surface area contributed by atoms with E-state index in [9.17, 15) is 9.59 Å². The van der Waals surface area contributed by atoms with Crippen LogP contribution in [0.4, 0.5) is 0 Å². The van der Waals surface area contributed by atoms with Gasteiger partial charge in [0.05, 0.1) is 30.1 Å². The van der Waals surface area contributed by atoms with Crippen molar-refractivity contribution in [1.29, 1.82) is 0 Å². The van der Waals surface area contributed by atoms with E-state index in [1.807, 2.05) is 30.3 Å². The van der Waals surface area contributed by atoms with Crippen LogP contribution in [0.2, 0.25) is 0 Å². The molecule has 1 aromatic carbocycles. The Morgan fingerprint density at radius 1 is 1.30 bits per heavy atom. The Labute approximate surface area is 156 Å². The molecule has 6 nitrogen and oxygen atoms in total. The summed E-state index contributed by atoms with van der Waals surface area (Å²) in [6.45, 7) is 0.709. The van der Waals surface area contributed by atoms with Crippen LogP contribution in [-0.2, 0) is 29.1 Å². The second-order valence-corrected chi connectivity index (χ2v) is 6.79. The molecule has 1 aliphatic rings. The molecule has 4 rings (SSSR count). The number of rotatable bonds is 6.